The van der Waals surface area contributed by atoms with Gasteiger partial charge in [-0.05, 0) is 44.2 Å². The second kappa shape index (κ2) is 4.64. The first-order valence-electron chi connectivity index (χ1n) is 6.97. The van der Waals surface area contributed by atoms with Crippen molar-refractivity contribution >= 4 is 11.3 Å². The maximum Gasteiger partial charge on any atom is 0.124 e. The number of hydrogen-bond acceptors (Lipinski definition) is 4. The largest absolute Gasteiger partial charge is 0.387 e. The van der Waals surface area contributed by atoms with E-state index in [-0.39, 0.29) is 11.5 Å². The van der Waals surface area contributed by atoms with Gasteiger partial charge in [-0.15, -0.1) is 11.3 Å². The molecule has 0 radical (unpaired) electrons. The summed E-state index contributed by atoms with van der Waals surface area (Å²) in [5.74, 6) is 0. The zero-order valence-electron chi connectivity index (χ0n) is 12.4. The monoisotopic (exact) mass is 288 g/mol. The Morgan fingerprint density at radius 2 is 1.85 bits per heavy atom. The summed E-state index contributed by atoms with van der Waals surface area (Å²) >= 11 is 1.63. The predicted molar refractivity (Wildman–Crippen MR) is 81.9 cm³/mol. The molecule has 3 nitrogen and oxygen atoms in total. The lowest BCUT2D eigenvalue weighted by molar-refractivity contribution is 0.102. The lowest BCUT2D eigenvalue weighted by Gasteiger charge is -2.31. The number of rotatable bonds is 1. The fourth-order valence-corrected chi connectivity index (χ4v) is 4.03. The summed E-state index contributed by atoms with van der Waals surface area (Å²) in [6.07, 6.45) is 1.39. The average Bonchev–Trinajstić information content (AvgIpc) is 2.69. The van der Waals surface area contributed by atoms with Crippen LogP contribution in [0.4, 0.5) is 0 Å². The molecule has 106 valence electrons. The molecule has 0 fully saturated rings. The molecule has 1 atom stereocenters. The van der Waals surface area contributed by atoms with E-state index in [1.807, 2.05) is 13.8 Å². The Labute approximate surface area is 123 Å². The summed E-state index contributed by atoms with van der Waals surface area (Å²) in [7, 11) is 0. The van der Waals surface area contributed by atoms with E-state index in [9.17, 15) is 5.11 Å². The van der Waals surface area contributed by atoms with Crippen LogP contribution >= 0.6 is 11.3 Å². The van der Waals surface area contributed by atoms with Crippen molar-refractivity contribution in [1.29, 1.82) is 0 Å². The SMILES string of the molecule is Cc1cc(-c2nc3c(s2)C(O)CC(C)(C)C3)cc(C)n1. The molecule has 2 heterocycles. The molecule has 0 aliphatic heterocycles. The van der Waals surface area contributed by atoms with Crippen LogP contribution in [0, 0.1) is 19.3 Å². The molecule has 4 heteroatoms. The van der Waals surface area contributed by atoms with Gasteiger partial charge in [-0.2, -0.15) is 0 Å². The highest BCUT2D eigenvalue weighted by Crippen LogP contribution is 2.44. The third-order valence-electron chi connectivity index (χ3n) is 3.75. The van der Waals surface area contributed by atoms with Gasteiger partial charge >= 0.3 is 0 Å². The Balaban J connectivity index is 2.05. The Bertz CT molecular complexity index is 640. The van der Waals surface area contributed by atoms with Gasteiger partial charge in [0.1, 0.15) is 5.01 Å². The summed E-state index contributed by atoms with van der Waals surface area (Å²) in [5, 5.41) is 11.3. The van der Waals surface area contributed by atoms with Crippen LogP contribution in [0.25, 0.3) is 10.6 Å². The number of pyridine rings is 1. The van der Waals surface area contributed by atoms with Crippen molar-refractivity contribution in [2.75, 3.05) is 0 Å². The van der Waals surface area contributed by atoms with E-state index in [0.29, 0.717) is 0 Å². The number of fused-ring (bicyclic) bond motifs is 1. The van der Waals surface area contributed by atoms with Crippen LogP contribution in [0.3, 0.4) is 0 Å². The summed E-state index contributed by atoms with van der Waals surface area (Å²) in [4.78, 5) is 10.2. The van der Waals surface area contributed by atoms with Crippen molar-refractivity contribution in [3.8, 4) is 10.6 Å². The van der Waals surface area contributed by atoms with Crippen molar-refractivity contribution in [1.82, 2.24) is 9.97 Å². The topological polar surface area (TPSA) is 46.0 Å². The second-order valence-electron chi connectivity index (χ2n) is 6.53. The van der Waals surface area contributed by atoms with E-state index in [1.54, 1.807) is 11.3 Å². The van der Waals surface area contributed by atoms with Crippen molar-refractivity contribution in [3.63, 3.8) is 0 Å². The molecule has 0 saturated carbocycles. The van der Waals surface area contributed by atoms with Crippen LogP contribution in [0.5, 0.6) is 0 Å². The van der Waals surface area contributed by atoms with Gasteiger partial charge in [0.2, 0.25) is 0 Å². The third kappa shape index (κ3) is 2.50. The van der Waals surface area contributed by atoms with Gasteiger partial charge in [-0.25, -0.2) is 4.98 Å². The number of aromatic nitrogens is 2. The Morgan fingerprint density at radius 3 is 2.50 bits per heavy atom. The van der Waals surface area contributed by atoms with Gasteiger partial charge in [0.15, 0.2) is 0 Å². The molecule has 1 aliphatic rings. The van der Waals surface area contributed by atoms with Crippen LogP contribution in [0.2, 0.25) is 0 Å². The molecule has 0 amide bonds. The molecular formula is C16H20N2OS. The van der Waals surface area contributed by atoms with E-state index in [4.69, 9.17) is 4.98 Å². The molecule has 1 unspecified atom stereocenters. The van der Waals surface area contributed by atoms with E-state index < -0.39 is 0 Å². The Kier molecular flexibility index (Phi) is 3.18. The fraction of sp³-hybridized carbons (Fsp3) is 0.500. The third-order valence-corrected chi connectivity index (χ3v) is 5.00. The molecule has 0 spiro atoms. The van der Waals surface area contributed by atoms with Crippen LogP contribution in [0.15, 0.2) is 12.1 Å². The molecule has 2 aromatic rings. The summed E-state index contributed by atoms with van der Waals surface area (Å²) in [6, 6.07) is 4.13. The van der Waals surface area contributed by atoms with Crippen LogP contribution in [-0.4, -0.2) is 15.1 Å². The highest BCUT2D eigenvalue weighted by Gasteiger charge is 2.34. The first-order chi connectivity index (χ1) is 9.34. The lowest BCUT2D eigenvalue weighted by atomic mass is 9.77. The van der Waals surface area contributed by atoms with Gasteiger partial charge in [-0.3, -0.25) is 4.98 Å². The first kappa shape index (κ1) is 13.7. The minimum atomic E-state index is -0.371. The fourth-order valence-electron chi connectivity index (χ4n) is 2.97. The van der Waals surface area contributed by atoms with Crippen molar-refractivity contribution in [3.05, 3.63) is 34.1 Å². The van der Waals surface area contributed by atoms with E-state index in [0.717, 1.165) is 45.4 Å². The summed E-state index contributed by atoms with van der Waals surface area (Å²) in [5.41, 5.74) is 4.32. The number of thiazole rings is 1. The van der Waals surface area contributed by atoms with E-state index >= 15 is 0 Å². The lowest BCUT2D eigenvalue weighted by Crippen LogP contribution is -2.24. The molecule has 0 bridgehead atoms. The zero-order chi connectivity index (χ0) is 14.5. The number of hydrogen-bond donors (Lipinski definition) is 1. The molecule has 1 aliphatic carbocycles. The minimum absolute atomic E-state index is 0.127. The maximum absolute atomic E-state index is 10.3. The molecule has 0 aromatic carbocycles. The molecule has 1 N–H and O–H groups in total. The summed E-state index contributed by atoms with van der Waals surface area (Å²) in [6.45, 7) is 8.39. The van der Waals surface area contributed by atoms with Gasteiger partial charge < -0.3 is 5.11 Å². The molecule has 3 rings (SSSR count). The highest BCUT2D eigenvalue weighted by atomic mass is 32.1. The van der Waals surface area contributed by atoms with E-state index in [1.165, 1.54) is 0 Å². The smallest absolute Gasteiger partial charge is 0.124 e. The number of aliphatic hydroxyl groups excluding tert-OH is 1. The Hall–Kier alpha value is -1.26. The van der Waals surface area contributed by atoms with Crippen LogP contribution < -0.4 is 0 Å². The normalized spacial score (nSPS) is 20.8. The van der Waals surface area contributed by atoms with Gasteiger partial charge in [-0.1, -0.05) is 13.8 Å². The maximum atomic E-state index is 10.3. The second-order valence-corrected chi connectivity index (χ2v) is 7.56. The molecular weight excluding hydrogens is 268 g/mol. The van der Waals surface area contributed by atoms with Crippen LogP contribution in [-0.2, 0) is 6.42 Å². The molecule has 0 saturated heterocycles. The van der Waals surface area contributed by atoms with Gasteiger partial charge in [0, 0.05) is 17.0 Å². The minimum Gasteiger partial charge on any atom is -0.387 e. The summed E-state index contributed by atoms with van der Waals surface area (Å²) < 4.78 is 0. The van der Waals surface area contributed by atoms with E-state index in [2.05, 4.69) is 31.0 Å². The number of aliphatic hydroxyl groups is 1. The number of aryl methyl sites for hydroxylation is 2. The van der Waals surface area contributed by atoms with Crippen molar-refractivity contribution in [2.24, 2.45) is 5.41 Å². The first-order valence-corrected chi connectivity index (χ1v) is 7.79. The van der Waals surface area contributed by atoms with Gasteiger partial charge in [0.25, 0.3) is 0 Å². The number of nitrogens with zero attached hydrogens (tertiary/aromatic N) is 2. The average molecular weight is 288 g/mol. The Morgan fingerprint density at radius 1 is 1.20 bits per heavy atom. The van der Waals surface area contributed by atoms with Crippen molar-refractivity contribution < 1.29 is 5.11 Å². The molecule has 2 aromatic heterocycles. The van der Waals surface area contributed by atoms with Gasteiger partial charge in [0.05, 0.1) is 16.7 Å². The quantitative estimate of drug-likeness (QED) is 0.867. The standard InChI is InChI=1S/C16H20N2OS/c1-9-5-11(6-10(2)17-9)15-18-12-7-16(3,4)8-13(19)14(12)20-15/h5-6,13,19H,7-8H2,1-4H3. The highest BCUT2D eigenvalue weighted by molar-refractivity contribution is 7.15. The van der Waals surface area contributed by atoms with Crippen LogP contribution in [0.1, 0.15) is 48.3 Å². The zero-order valence-corrected chi connectivity index (χ0v) is 13.2. The molecule has 20 heavy (non-hydrogen) atoms. The predicted octanol–water partition coefficient (Wildman–Crippen LogP) is 3.83. The van der Waals surface area contributed by atoms with Crippen molar-refractivity contribution in [2.45, 2.75) is 46.6 Å².